The summed E-state index contributed by atoms with van der Waals surface area (Å²) in [5.41, 5.74) is -0.591. The van der Waals surface area contributed by atoms with Crippen LogP contribution in [-0.2, 0) is 6.18 Å². The van der Waals surface area contributed by atoms with Crippen LogP contribution in [0.25, 0.3) is 0 Å². The van der Waals surface area contributed by atoms with Crippen LogP contribution in [0.4, 0.5) is 13.2 Å². The average molecular weight is 305 g/mol. The zero-order valence-corrected chi connectivity index (χ0v) is 11.6. The van der Waals surface area contributed by atoms with Gasteiger partial charge in [0.15, 0.2) is 0 Å². The quantitative estimate of drug-likeness (QED) is 0.860. The van der Waals surface area contributed by atoms with E-state index >= 15 is 0 Å². The predicted octanol–water partition coefficient (Wildman–Crippen LogP) is 3.49. The summed E-state index contributed by atoms with van der Waals surface area (Å²) in [4.78, 5) is 1.96. The molecule has 6 heteroatoms. The van der Waals surface area contributed by atoms with Crippen molar-refractivity contribution < 1.29 is 13.2 Å². The largest absolute Gasteiger partial charge is 0.416 e. The van der Waals surface area contributed by atoms with E-state index in [0.717, 1.165) is 19.2 Å². The van der Waals surface area contributed by atoms with E-state index in [0.29, 0.717) is 13.1 Å². The van der Waals surface area contributed by atoms with Crippen LogP contribution in [0.5, 0.6) is 0 Å². The number of rotatable bonds is 3. The first-order valence-corrected chi connectivity index (χ1v) is 6.76. The average Bonchev–Trinajstić information content (AvgIpc) is 2.41. The van der Waals surface area contributed by atoms with Crippen LogP contribution in [0.2, 0.25) is 5.02 Å². The molecule has 0 amide bonds. The summed E-state index contributed by atoms with van der Waals surface area (Å²) >= 11 is 6.04. The smallest absolute Gasteiger partial charge is 0.314 e. The predicted molar refractivity (Wildman–Crippen MR) is 73.8 cm³/mol. The van der Waals surface area contributed by atoms with Crippen molar-refractivity contribution in [3.8, 4) is 0 Å². The maximum Gasteiger partial charge on any atom is 0.416 e. The van der Waals surface area contributed by atoms with Gasteiger partial charge in [0.1, 0.15) is 0 Å². The minimum atomic E-state index is -4.42. The van der Waals surface area contributed by atoms with Crippen molar-refractivity contribution in [2.24, 2.45) is 0 Å². The second-order valence-electron chi connectivity index (χ2n) is 4.67. The SMILES string of the molecule is C=C[C@H](c1c(Cl)cccc1C(F)(F)F)N1CCNCC1. The van der Waals surface area contributed by atoms with Crippen LogP contribution < -0.4 is 5.32 Å². The first-order valence-electron chi connectivity index (χ1n) is 6.38. The molecule has 0 bridgehead atoms. The van der Waals surface area contributed by atoms with E-state index in [1.165, 1.54) is 18.2 Å². The van der Waals surface area contributed by atoms with E-state index in [1.54, 1.807) is 0 Å². The Hall–Kier alpha value is -1.04. The van der Waals surface area contributed by atoms with Gasteiger partial charge >= 0.3 is 6.18 Å². The molecule has 0 spiro atoms. The maximum absolute atomic E-state index is 13.2. The van der Waals surface area contributed by atoms with Crippen LogP contribution >= 0.6 is 11.6 Å². The Morgan fingerprint density at radius 3 is 2.50 bits per heavy atom. The van der Waals surface area contributed by atoms with Gasteiger partial charge in [0.25, 0.3) is 0 Å². The molecule has 1 aliphatic rings. The molecular formula is C14H16ClF3N2. The Morgan fingerprint density at radius 1 is 1.30 bits per heavy atom. The molecule has 1 aromatic carbocycles. The summed E-state index contributed by atoms with van der Waals surface area (Å²) in [5.74, 6) is 0. The van der Waals surface area contributed by atoms with Crippen LogP contribution in [0.15, 0.2) is 30.9 Å². The minimum absolute atomic E-state index is 0.0959. The molecule has 1 N–H and O–H groups in total. The number of hydrogen-bond acceptors (Lipinski definition) is 2. The number of alkyl halides is 3. The van der Waals surface area contributed by atoms with Crippen LogP contribution in [0.3, 0.4) is 0 Å². The van der Waals surface area contributed by atoms with Crippen molar-refractivity contribution in [1.82, 2.24) is 10.2 Å². The van der Waals surface area contributed by atoms with Gasteiger partial charge in [0.05, 0.1) is 11.6 Å². The topological polar surface area (TPSA) is 15.3 Å². The molecule has 0 aromatic heterocycles. The second kappa shape index (κ2) is 6.16. The van der Waals surface area contributed by atoms with E-state index in [4.69, 9.17) is 11.6 Å². The monoisotopic (exact) mass is 304 g/mol. The number of benzene rings is 1. The standard InChI is InChI=1S/C14H16ClF3N2/c1-2-12(20-8-6-19-7-9-20)13-10(14(16,17)18)4-3-5-11(13)15/h2-5,12,19H,1,6-9H2/t12-/m1/s1. The minimum Gasteiger partial charge on any atom is -0.314 e. The van der Waals surface area contributed by atoms with Crippen molar-refractivity contribution >= 4 is 11.6 Å². The van der Waals surface area contributed by atoms with Crippen LogP contribution in [-0.4, -0.2) is 31.1 Å². The summed E-state index contributed by atoms with van der Waals surface area (Å²) in [6.07, 6.45) is -2.89. The van der Waals surface area contributed by atoms with Gasteiger partial charge in [0.2, 0.25) is 0 Å². The van der Waals surface area contributed by atoms with E-state index < -0.39 is 17.8 Å². The summed E-state index contributed by atoms with van der Waals surface area (Å²) in [7, 11) is 0. The number of piperazine rings is 1. The zero-order chi connectivity index (χ0) is 14.8. The van der Waals surface area contributed by atoms with Gasteiger partial charge in [-0.15, -0.1) is 6.58 Å². The zero-order valence-electron chi connectivity index (χ0n) is 10.9. The highest BCUT2D eigenvalue weighted by Crippen LogP contribution is 2.40. The molecule has 0 radical (unpaired) electrons. The molecule has 0 aliphatic carbocycles. The van der Waals surface area contributed by atoms with Gasteiger partial charge in [-0.05, 0) is 12.1 Å². The molecule has 1 atom stereocenters. The molecule has 1 heterocycles. The summed E-state index contributed by atoms with van der Waals surface area (Å²) in [5, 5.41) is 3.30. The molecule has 0 saturated carbocycles. The van der Waals surface area contributed by atoms with Gasteiger partial charge in [-0.1, -0.05) is 23.7 Å². The third kappa shape index (κ3) is 3.16. The highest BCUT2D eigenvalue weighted by Gasteiger charge is 2.37. The van der Waals surface area contributed by atoms with Crippen LogP contribution in [0, 0.1) is 0 Å². The van der Waals surface area contributed by atoms with Gasteiger partial charge in [-0.3, -0.25) is 4.90 Å². The summed E-state index contributed by atoms with van der Waals surface area (Å²) in [6.45, 7) is 6.51. The van der Waals surface area contributed by atoms with E-state index in [9.17, 15) is 13.2 Å². The number of nitrogens with one attached hydrogen (secondary N) is 1. The third-order valence-corrected chi connectivity index (χ3v) is 3.75. The highest BCUT2D eigenvalue weighted by atomic mass is 35.5. The Bertz CT molecular complexity index is 482. The molecule has 0 unspecified atom stereocenters. The van der Waals surface area contributed by atoms with Gasteiger partial charge < -0.3 is 5.32 Å². The van der Waals surface area contributed by atoms with Crippen molar-refractivity contribution in [3.05, 3.63) is 47.0 Å². The van der Waals surface area contributed by atoms with Gasteiger partial charge in [-0.25, -0.2) is 0 Å². The fourth-order valence-electron chi connectivity index (χ4n) is 2.49. The molecule has 1 fully saturated rings. The third-order valence-electron chi connectivity index (χ3n) is 3.42. The number of nitrogens with zero attached hydrogens (tertiary/aromatic N) is 1. The van der Waals surface area contributed by atoms with Crippen molar-refractivity contribution in [3.63, 3.8) is 0 Å². The Kier molecular flexibility index (Phi) is 4.73. The molecule has 2 rings (SSSR count). The molecule has 1 saturated heterocycles. The maximum atomic E-state index is 13.2. The first-order chi connectivity index (χ1) is 9.45. The molecule has 1 aromatic rings. The van der Waals surface area contributed by atoms with E-state index in [-0.39, 0.29) is 10.6 Å². The fourth-order valence-corrected chi connectivity index (χ4v) is 2.78. The van der Waals surface area contributed by atoms with E-state index in [1.807, 2.05) is 4.90 Å². The molecule has 110 valence electrons. The van der Waals surface area contributed by atoms with Crippen LogP contribution in [0.1, 0.15) is 17.2 Å². The van der Waals surface area contributed by atoms with Gasteiger partial charge in [0, 0.05) is 36.8 Å². The van der Waals surface area contributed by atoms with Crippen molar-refractivity contribution in [2.75, 3.05) is 26.2 Å². The molecule has 2 nitrogen and oxygen atoms in total. The number of hydrogen-bond donors (Lipinski definition) is 1. The molecule has 20 heavy (non-hydrogen) atoms. The fraction of sp³-hybridized carbons (Fsp3) is 0.429. The lowest BCUT2D eigenvalue weighted by Crippen LogP contribution is -2.45. The van der Waals surface area contributed by atoms with Crippen molar-refractivity contribution in [2.45, 2.75) is 12.2 Å². The lowest BCUT2D eigenvalue weighted by molar-refractivity contribution is -0.138. The lowest BCUT2D eigenvalue weighted by atomic mass is 9.98. The first kappa shape index (κ1) is 15.4. The van der Waals surface area contributed by atoms with E-state index in [2.05, 4.69) is 11.9 Å². The number of halogens is 4. The Labute approximate surface area is 121 Å². The lowest BCUT2D eigenvalue weighted by Gasteiger charge is -2.35. The second-order valence-corrected chi connectivity index (χ2v) is 5.07. The Morgan fingerprint density at radius 2 is 1.95 bits per heavy atom. The normalized spacial score (nSPS) is 18.8. The summed E-state index contributed by atoms with van der Waals surface area (Å²) in [6, 6.07) is 3.36. The van der Waals surface area contributed by atoms with Gasteiger partial charge in [-0.2, -0.15) is 13.2 Å². The summed E-state index contributed by atoms with van der Waals surface area (Å²) < 4.78 is 39.5. The molecule has 1 aliphatic heterocycles. The van der Waals surface area contributed by atoms with Crippen molar-refractivity contribution in [1.29, 1.82) is 0 Å². The highest BCUT2D eigenvalue weighted by molar-refractivity contribution is 6.31. The Balaban J connectivity index is 2.45. The molecular weight excluding hydrogens is 289 g/mol.